The third-order valence-corrected chi connectivity index (χ3v) is 5.98. The van der Waals surface area contributed by atoms with Crippen LogP contribution in [0.3, 0.4) is 0 Å². The molecular weight excluding hydrogens is 342 g/mol. The average molecular weight is 396 g/mol. The molecule has 0 aromatic carbocycles. The van der Waals surface area contributed by atoms with Crippen molar-refractivity contribution in [2.45, 2.75) is 155 Å². The van der Waals surface area contributed by atoms with Crippen LogP contribution in [-0.4, -0.2) is 5.11 Å². The van der Waals surface area contributed by atoms with E-state index in [1.54, 1.807) is 0 Å². The predicted octanol–water partition coefficient (Wildman–Crippen LogP) is 9.34. The Hall–Kier alpha value is -0.660. The van der Waals surface area contributed by atoms with Gasteiger partial charge >= 0.3 is 0 Å². The number of nitrogens with two attached hydrogens (primary N) is 1. The normalized spacial score (nSPS) is 12.0. The van der Waals surface area contributed by atoms with Crippen molar-refractivity contribution in [2.75, 3.05) is 0 Å². The first-order valence-electron chi connectivity index (χ1n) is 12.9. The van der Waals surface area contributed by atoms with E-state index in [1.807, 2.05) is 0 Å². The minimum absolute atomic E-state index is 0.341. The average Bonchev–Trinajstić information content (AvgIpc) is 2.71. The van der Waals surface area contributed by atoms with Gasteiger partial charge in [0, 0.05) is 12.6 Å². The van der Waals surface area contributed by atoms with Crippen LogP contribution in [0.1, 0.15) is 155 Å². The first-order valence-corrected chi connectivity index (χ1v) is 12.9. The zero-order valence-corrected chi connectivity index (χ0v) is 19.4. The van der Waals surface area contributed by atoms with Crippen molar-refractivity contribution in [1.29, 1.82) is 0 Å². The Labute approximate surface area is 177 Å². The van der Waals surface area contributed by atoms with Gasteiger partial charge in [0.2, 0.25) is 0 Å². The summed E-state index contributed by atoms with van der Waals surface area (Å²) in [4.78, 5) is 0. The van der Waals surface area contributed by atoms with Gasteiger partial charge in [-0.05, 0) is 6.42 Å². The summed E-state index contributed by atoms with van der Waals surface area (Å²) in [7, 11) is 0. The summed E-state index contributed by atoms with van der Waals surface area (Å²) in [6, 6.07) is 0. The maximum atomic E-state index is 9.26. The molecule has 0 amide bonds. The van der Waals surface area contributed by atoms with E-state index in [4.69, 9.17) is 5.73 Å². The highest BCUT2D eigenvalue weighted by molar-refractivity contribution is 4.85. The molecule has 0 rings (SSSR count). The molecule has 0 aliphatic carbocycles. The third-order valence-electron chi connectivity index (χ3n) is 5.98. The van der Waals surface area contributed by atoms with Crippen LogP contribution in [0.15, 0.2) is 12.0 Å². The van der Waals surface area contributed by atoms with Crippen molar-refractivity contribution in [3.63, 3.8) is 0 Å². The molecule has 2 nitrogen and oxygen atoms in total. The van der Waals surface area contributed by atoms with Gasteiger partial charge < -0.3 is 10.8 Å². The van der Waals surface area contributed by atoms with Crippen LogP contribution in [0.4, 0.5) is 0 Å². The molecule has 0 aliphatic rings. The third kappa shape index (κ3) is 23.4. The largest absolute Gasteiger partial charge is 0.511 e. The monoisotopic (exact) mass is 395 g/mol. The van der Waals surface area contributed by atoms with E-state index >= 15 is 0 Å². The summed E-state index contributed by atoms with van der Waals surface area (Å²) in [5.74, 6) is 0.341. The van der Waals surface area contributed by atoms with E-state index < -0.39 is 0 Å². The Bertz CT molecular complexity index is 314. The van der Waals surface area contributed by atoms with Crippen molar-refractivity contribution < 1.29 is 5.11 Å². The van der Waals surface area contributed by atoms with Crippen LogP contribution in [-0.2, 0) is 0 Å². The Morgan fingerprint density at radius 3 is 1.00 bits per heavy atom. The van der Waals surface area contributed by atoms with Gasteiger partial charge in [-0.15, -0.1) is 0 Å². The molecule has 0 radical (unpaired) electrons. The van der Waals surface area contributed by atoms with Crippen molar-refractivity contribution in [3.8, 4) is 0 Å². The molecule has 2 heteroatoms. The summed E-state index contributed by atoms with van der Waals surface area (Å²) in [5, 5.41) is 9.26. The lowest BCUT2D eigenvalue weighted by atomic mass is 10.0. The summed E-state index contributed by atoms with van der Waals surface area (Å²) >= 11 is 0. The topological polar surface area (TPSA) is 46.2 Å². The molecule has 0 atom stereocenters. The summed E-state index contributed by atoms with van der Waals surface area (Å²) in [5.41, 5.74) is 5.25. The van der Waals surface area contributed by atoms with Crippen LogP contribution in [0.2, 0.25) is 0 Å². The van der Waals surface area contributed by atoms with Gasteiger partial charge in [-0.2, -0.15) is 0 Å². The van der Waals surface area contributed by atoms with Crippen LogP contribution >= 0.6 is 0 Å². The van der Waals surface area contributed by atoms with E-state index in [0.717, 1.165) is 12.8 Å². The maximum absolute atomic E-state index is 9.26. The summed E-state index contributed by atoms with van der Waals surface area (Å²) in [6.45, 7) is 2.29. The zero-order chi connectivity index (χ0) is 20.5. The molecule has 0 saturated heterocycles. The van der Waals surface area contributed by atoms with Gasteiger partial charge in [-0.1, -0.05) is 142 Å². The Kier molecular flexibility index (Phi) is 23.8. The summed E-state index contributed by atoms with van der Waals surface area (Å²) < 4.78 is 0. The molecule has 28 heavy (non-hydrogen) atoms. The lowest BCUT2D eigenvalue weighted by Crippen LogP contribution is -1.88. The second kappa shape index (κ2) is 24.4. The number of aliphatic hydroxyl groups is 1. The van der Waals surface area contributed by atoms with Crippen molar-refractivity contribution in [1.82, 2.24) is 0 Å². The van der Waals surface area contributed by atoms with Crippen LogP contribution in [0.25, 0.3) is 0 Å². The van der Waals surface area contributed by atoms with Crippen LogP contribution in [0, 0.1) is 0 Å². The van der Waals surface area contributed by atoms with Gasteiger partial charge in [0.1, 0.15) is 5.76 Å². The Morgan fingerprint density at radius 1 is 0.500 bits per heavy atom. The maximum Gasteiger partial charge on any atom is 0.108 e. The zero-order valence-electron chi connectivity index (χ0n) is 19.4. The van der Waals surface area contributed by atoms with E-state index in [2.05, 4.69) is 6.92 Å². The fourth-order valence-corrected chi connectivity index (χ4v) is 4.00. The van der Waals surface area contributed by atoms with E-state index in [-0.39, 0.29) is 0 Å². The molecule has 0 aliphatic heterocycles. The molecule has 0 bridgehead atoms. The number of allylic oxidation sites excluding steroid dienone is 1. The van der Waals surface area contributed by atoms with Crippen LogP contribution < -0.4 is 5.73 Å². The second-order valence-corrected chi connectivity index (χ2v) is 8.83. The Balaban J connectivity index is 3.01. The van der Waals surface area contributed by atoms with Crippen molar-refractivity contribution in [3.05, 3.63) is 12.0 Å². The number of hydrogen-bond acceptors (Lipinski definition) is 2. The first kappa shape index (κ1) is 27.3. The molecule has 0 aromatic heterocycles. The number of rotatable bonds is 23. The van der Waals surface area contributed by atoms with E-state index in [0.29, 0.717) is 5.76 Å². The fourth-order valence-electron chi connectivity index (χ4n) is 4.00. The molecule has 0 heterocycles. The number of aliphatic hydroxyl groups excluding tert-OH is 1. The minimum atomic E-state index is 0.341. The SMILES string of the molecule is CCCCCCCCCCCCCCCCCCCCCCCC/C(O)=C/N. The molecule has 0 fully saturated rings. The highest BCUT2D eigenvalue weighted by atomic mass is 16.3. The number of hydrogen-bond donors (Lipinski definition) is 2. The smallest absolute Gasteiger partial charge is 0.108 e. The molecule has 0 saturated carbocycles. The number of unbranched alkanes of at least 4 members (excludes halogenated alkanes) is 21. The van der Waals surface area contributed by atoms with Gasteiger partial charge in [0.15, 0.2) is 0 Å². The van der Waals surface area contributed by atoms with Crippen LogP contribution in [0.5, 0.6) is 0 Å². The van der Waals surface area contributed by atoms with E-state index in [1.165, 1.54) is 141 Å². The van der Waals surface area contributed by atoms with Gasteiger partial charge in [-0.25, -0.2) is 0 Å². The molecule has 0 spiro atoms. The van der Waals surface area contributed by atoms with Crippen molar-refractivity contribution >= 4 is 0 Å². The lowest BCUT2D eigenvalue weighted by molar-refractivity contribution is 0.378. The van der Waals surface area contributed by atoms with E-state index in [9.17, 15) is 5.11 Å². The molecule has 0 unspecified atom stereocenters. The predicted molar refractivity (Wildman–Crippen MR) is 127 cm³/mol. The highest BCUT2D eigenvalue weighted by Crippen LogP contribution is 2.15. The second-order valence-electron chi connectivity index (χ2n) is 8.83. The first-order chi connectivity index (χ1) is 13.8. The quantitative estimate of drug-likeness (QED) is 0.134. The molecule has 0 aromatic rings. The fraction of sp³-hybridized carbons (Fsp3) is 0.923. The molecule has 168 valence electrons. The lowest BCUT2D eigenvalue weighted by Gasteiger charge is -2.04. The highest BCUT2D eigenvalue weighted by Gasteiger charge is 1.96. The van der Waals surface area contributed by atoms with Gasteiger partial charge in [-0.3, -0.25) is 0 Å². The Morgan fingerprint density at radius 2 is 0.750 bits per heavy atom. The van der Waals surface area contributed by atoms with Gasteiger partial charge in [0.25, 0.3) is 0 Å². The van der Waals surface area contributed by atoms with Gasteiger partial charge in [0.05, 0.1) is 0 Å². The standard InChI is InChI=1S/C26H53NO/c1-2-3-4-5-6-7-8-9-10-11-12-13-14-15-16-17-18-19-20-21-22-23-24-26(28)25-27/h25,28H,2-24,27H2,1H3/b26-25-. The minimum Gasteiger partial charge on any atom is -0.511 e. The summed E-state index contributed by atoms with van der Waals surface area (Å²) in [6.07, 6.45) is 33.0. The molecular formula is C26H53NO. The van der Waals surface area contributed by atoms with Crippen molar-refractivity contribution in [2.24, 2.45) is 5.73 Å². The molecule has 3 N–H and O–H groups in total.